The standard InChI is InChI=1S/C40H62O4/c1-5-7-9-11-13-15-17-19-37-29-41-39(43-31(37)3)35-25-21-33(22-26-35)34-23-27-36(28-24-34)40-42-30-38(32(4)44-40)20-18-16-14-12-10-8-6-2/h21-28,31-32,37-40H,5-20,29-30H2,1-4H3/t31-,32-,37+,38+,39+,40+/m0/s1. The van der Waals surface area contributed by atoms with Crippen molar-refractivity contribution in [1.29, 1.82) is 0 Å². The predicted octanol–water partition coefficient (Wildman–Crippen LogP) is 11.7. The van der Waals surface area contributed by atoms with Crippen LogP contribution in [0.2, 0.25) is 0 Å². The van der Waals surface area contributed by atoms with Gasteiger partial charge in [-0.25, -0.2) is 0 Å². The lowest BCUT2D eigenvalue weighted by Crippen LogP contribution is -2.34. The van der Waals surface area contributed by atoms with Gasteiger partial charge in [0.15, 0.2) is 12.6 Å². The van der Waals surface area contributed by atoms with Crippen LogP contribution in [-0.2, 0) is 18.9 Å². The third kappa shape index (κ3) is 11.3. The van der Waals surface area contributed by atoms with E-state index in [4.69, 9.17) is 18.9 Å². The molecular weight excluding hydrogens is 544 g/mol. The first-order valence-electron chi connectivity index (χ1n) is 18.3. The second-order valence-electron chi connectivity index (χ2n) is 13.6. The molecule has 4 nitrogen and oxygen atoms in total. The molecule has 2 saturated heterocycles. The molecule has 44 heavy (non-hydrogen) atoms. The first-order chi connectivity index (χ1) is 21.6. The normalized spacial score (nSPS) is 25.7. The van der Waals surface area contributed by atoms with Gasteiger partial charge < -0.3 is 18.9 Å². The molecule has 0 saturated carbocycles. The van der Waals surface area contributed by atoms with Crippen LogP contribution in [0.1, 0.15) is 154 Å². The van der Waals surface area contributed by atoms with Crippen molar-refractivity contribution in [3.8, 4) is 11.1 Å². The maximum Gasteiger partial charge on any atom is 0.184 e. The number of benzene rings is 2. The molecule has 2 aromatic carbocycles. The molecule has 246 valence electrons. The van der Waals surface area contributed by atoms with Crippen LogP contribution in [0, 0.1) is 11.8 Å². The second-order valence-corrected chi connectivity index (χ2v) is 13.6. The Balaban J connectivity index is 1.17. The van der Waals surface area contributed by atoms with E-state index in [1.807, 2.05) is 0 Å². The highest BCUT2D eigenvalue weighted by Crippen LogP contribution is 2.35. The van der Waals surface area contributed by atoms with Crippen LogP contribution in [0.5, 0.6) is 0 Å². The highest BCUT2D eigenvalue weighted by Gasteiger charge is 2.30. The van der Waals surface area contributed by atoms with Gasteiger partial charge in [0.25, 0.3) is 0 Å². The maximum atomic E-state index is 6.33. The molecule has 0 aromatic heterocycles. The molecule has 0 amide bonds. The summed E-state index contributed by atoms with van der Waals surface area (Å²) in [4.78, 5) is 0. The Hall–Kier alpha value is -1.72. The summed E-state index contributed by atoms with van der Waals surface area (Å²) >= 11 is 0. The topological polar surface area (TPSA) is 36.9 Å². The minimum atomic E-state index is -0.274. The second kappa shape index (κ2) is 19.7. The van der Waals surface area contributed by atoms with E-state index < -0.39 is 0 Å². The van der Waals surface area contributed by atoms with Crippen molar-refractivity contribution >= 4 is 0 Å². The van der Waals surface area contributed by atoms with Gasteiger partial charge in [0.05, 0.1) is 25.4 Å². The molecular formula is C40H62O4. The third-order valence-electron chi connectivity index (χ3n) is 9.98. The molecule has 2 heterocycles. The number of unbranched alkanes of at least 4 members (excludes halogenated alkanes) is 12. The summed E-state index contributed by atoms with van der Waals surface area (Å²) in [7, 11) is 0. The molecule has 6 atom stereocenters. The van der Waals surface area contributed by atoms with Gasteiger partial charge in [-0.2, -0.15) is 0 Å². The first-order valence-corrected chi connectivity index (χ1v) is 18.3. The van der Waals surface area contributed by atoms with E-state index in [2.05, 4.69) is 76.2 Å². The zero-order chi connectivity index (χ0) is 31.0. The van der Waals surface area contributed by atoms with Crippen molar-refractivity contribution in [2.45, 2.75) is 155 Å². The Kier molecular flexibility index (Phi) is 15.7. The molecule has 0 N–H and O–H groups in total. The summed E-state index contributed by atoms with van der Waals surface area (Å²) in [6.45, 7) is 10.6. The van der Waals surface area contributed by atoms with Crippen LogP contribution in [0.25, 0.3) is 11.1 Å². The Labute approximate surface area is 269 Å². The Morgan fingerprint density at radius 2 is 0.818 bits per heavy atom. The molecule has 2 aliphatic heterocycles. The van der Waals surface area contributed by atoms with Gasteiger partial charge in [0, 0.05) is 23.0 Å². The Morgan fingerprint density at radius 1 is 0.477 bits per heavy atom. The third-order valence-corrected chi connectivity index (χ3v) is 9.98. The highest BCUT2D eigenvalue weighted by molar-refractivity contribution is 5.64. The first kappa shape index (κ1) is 35.1. The summed E-state index contributed by atoms with van der Waals surface area (Å²) < 4.78 is 25.1. The van der Waals surface area contributed by atoms with Gasteiger partial charge in [0.2, 0.25) is 0 Å². The lowest BCUT2D eigenvalue weighted by Gasteiger charge is -2.35. The van der Waals surface area contributed by atoms with Crippen LogP contribution < -0.4 is 0 Å². The fourth-order valence-corrected chi connectivity index (χ4v) is 6.76. The van der Waals surface area contributed by atoms with Crippen LogP contribution in [0.4, 0.5) is 0 Å². The van der Waals surface area contributed by atoms with Crippen LogP contribution in [-0.4, -0.2) is 25.4 Å². The molecule has 4 heteroatoms. The average molecular weight is 607 g/mol. The number of ether oxygens (including phenoxy) is 4. The quantitative estimate of drug-likeness (QED) is 0.149. The van der Waals surface area contributed by atoms with Crippen molar-refractivity contribution < 1.29 is 18.9 Å². The maximum absolute atomic E-state index is 6.33. The minimum absolute atomic E-state index is 0.226. The zero-order valence-electron chi connectivity index (χ0n) is 28.4. The molecule has 0 unspecified atom stereocenters. The number of hydrogen-bond acceptors (Lipinski definition) is 4. The van der Waals surface area contributed by atoms with Crippen molar-refractivity contribution in [1.82, 2.24) is 0 Å². The molecule has 2 fully saturated rings. The summed E-state index contributed by atoms with van der Waals surface area (Å²) in [6, 6.07) is 17.3. The van der Waals surface area contributed by atoms with E-state index in [9.17, 15) is 0 Å². The van der Waals surface area contributed by atoms with Gasteiger partial charge >= 0.3 is 0 Å². The molecule has 0 aliphatic carbocycles. The Bertz CT molecular complexity index is 935. The lowest BCUT2D eigenvalue weighted by atomic mass is 9.95. The van der Waals surface area contributed by atoms with Crippen molar-refractivity contribution in [2.24, 2.45) is 11.8 Å². The zero-order valence-corrected chi connectivity index (χ0v) is 28.4. The van der Waals surface area contributed by atoms with Crippen LogP contribution >= 0.6 is 0 Å². The van der Waals surface area contributed by atoms with Crippen LogP contribution in [0.3, 0.4) is 0 Å². The fraction of sp³-hybridized carbons (Fsp3) is 0.700. The molecule has 0 radical (unpaired) electrons. The SMILES string of the molecule is CCCCCCCCC[C@@H]1CO[C@@H](c2ccc(-c3ccc([C@@H]4OC[C@@H](CCCCCCCCC)[C@H](C)O4)cc3)cc2)O[C@H]1C. The van der Waals surface area contributed by atoms with E-state index in [1.165, 1.54) is 114 Å². The van der Waals surface area contributed by atoms with E-state index in [0.29, 0.717) is 11.8 Å². The molecule has 4 rings (SSSR count). The van der Waals surface area contributed by atoms with Crippen molar-refractivity contribution in [3.05, 3.63) is 59.7 Å². The van der Waals surface area contributed by atoms with E-state index in [1.54, 1.807) is 0 Å². The van der Waals surface area contributed by atoms with E-state index in [0.717, 1.165) is 24.3 Å². The molecule has 2 aromatic rings. The average Bonchev–Trinajstić information content (AvgIpc) is 3.05. The number of rotatable bonds is 19. The Morgan fingerprint density at radius 3 is 1.16 bits per heavy atom. The predicted molar refractivity (Wildman–Crippen MR) is 183 cm³/mol. The number of hydrogen-bond donors (Lipinski definition) is 0. The minimum Gasteiger partial charge on any atom is -0.348 e. The van der Waals surface area contributed by atoms with Gasteiger partial charge in [0.1, 0.15) is 0 Å². The van der Waals surface area contributed by atoms with E-state index in [-0.39, 0.29) is 24.8 Å². The summed E-state index contributed by atoms with van der Waals surface area (Å²) in [5.41, 5.74) is 4.57. The molecule has 0 spiro atoms. The largest absolute Gasteiger partial charge is 0.348 e. The van der Waals surface area contributed by atoms with Gasteiger partial charge in [-0.1, -0.05) is 152 Å². The summed E-state index contributed by atoms with van der Waals surface area (Å²) in [5.74, 6) is 0.992. The smallest absolute Gasteiger partial charge is 0.184 e. The monoisotopic (exact) mass is 606 g/mol. The van der Waals surface area contributed by atoms with Crippen molar-refractivity contribution in [3.63, 3.8) is 0 Å². The highest BCUT2D eigenvalue weighted by atomic mass is 16.7. The lowest BCUT2D eigenvalue weighted by molar-refractivity contribution is -0.237. The summed E-state index contributed by atoms with van der Waals surface area (Å²) in [5, 5.41) is 0. The fourth-order valence-electron chi connectivity index (χ4n) is 6.76. The van der Waals surface area contributed by atoms with Gasteiger partial charge in [-0.3, -0.25) is 0 Å². The van der Waals surface area contributed by atoms with E-state index >= 15 is 0 Å². The summed E-state index contributed by atoms with van der Waals surface area (Å²) in [6.07, 6.45) is 21.2. The molecule has 0 bridgehead atoms. The van der Waals surface area contributed by atoms with Gasteiger partial charge in [-0.15, -0.1) is 0 Å². The van der Waals surface area contributed by atoms with Crippen LogP contribution in [0.15, 0.2) is 48.5 Å². The van der Waals surface area contributed by atoms with Crippen molar-refractivity contribution in [2.75, 3.05) is 13.2 Å². The molecule has 2 aliphatic rings. The van der Waals surface area contributed by atoms with Gasteiger partial charge in [-0.05, 0) is 37.8 Å².